The predicted molar refractivity (Wildman–Crippen MR) is 115 cm³/mol. The molecule has 2 aliphatic rings. The van der Waals surface area contributed by atoms with E-state index in [2.05, 4.69) is 59.9 Å². The van der Waals surface area contributed by atoms with Gasteiger partial charge in [-0.15, -0.1) is 21.5 Å². The zero-order chi connectivity index (χ0) is 19.3. The van der Waals surface area contributed by atoms with Gasteiger partial charge in [0.1, 0.15) is 0 Å². The van der Waals surface area contributed by atoms with Crippen LogP contribution in [0, 0.1) is 5.41 Å². The summed E-state index contributed by atoms with van der Waals surface area (Å²) in [5, 5.41) is 19.6. The lowest BCUT2D eigenvalue weighted by Crippen LogP contribution is -2.62. The van der Waals surface area contributed by atoms with Crippen LogP contribution in [0.4, 0.5) is 5.82 Å². The molecule has 6 rings (SSSR count). The van der Waals surface area contributed by atoms with Crippen molar-refractivity contribution in [3.63, 3.8) is 0 Å². The monoisotopic (exact) mass is 403 g/mol. The zero-order valence-corrected chi connectivity index (χ0v) is 16.7. The van der Waals surface area contributed by atoms with E-state index >= 15 is 0 Å². The third-order valence-corrected chi connectivity index (χ3v) is 7.02. The first kappa shape index (κ1) is 17.1. The van der Waals surface area contributed by atoms with Crippen molar-refractivity contribution in [1.82, 2.24) is 30.7 Å². The lowest BCUT2D eigenvalue weighted by molar-refractivity contribution is 0.155. The first-order valence-electron chi connectivity index (χ1n) is 9.97. The molecule has 3 aromatic heterocycles. The van der Waals surface area contributed by atoms with Gasteiger partial charge in [-0.3, -0.25) is 5.10 Å². The number of anilines is 1. The molecule has 0 radical (unpaired) electrons. The predicted octanol–water partition coefficient (Wildman–Crippen LogP) is 3.33. The molecule has 7 nitrogen and oxygen atoms in total. The van der Waals surface area contributed by atoms with Crippen molar-refractivity contribution in [3.8, 4) is 22.4 Å². The van der Waals surface area contributed by atoms with E-state index in [4.69, 9.17) is 0 Å². The van der Waals surface area contributed by atoms with Gasteiger partial charge in [-0.2, -0.15) is 5.10 Å². The van der Waals surface area contributed by atoms with E-state index in [1.165, 1.54) is 12.8 Å². The Kier molecular flexibility index (Phi) is 3.88. The number of nitrogens with zero attached hydrogens (tertiary/aromatic N) is 5. The van der Waals surface area contributed by atoms with Gasteiger partial charge in [0.05, 0.1) is 27.6 Å². The van der Waals surface area contributed by atoms with E-state index in [1.54, 1.807) is 11.3 Å². The number of hydrogen-bond donors (Lipinski definition) is 2. The second kappa shape index (κ2) is 6.60. The number of thiazole rings is 1. The van der Waals surface area contributed by atoms with E-state index in [1.807, 2.05) is 17.9 Å². The lowest BCUT2D eigenvalue weighted by atomic mass is 9.74. The molecule has 5 heterocycles. The maximum atomic E-state index is 4.59. The fourth-order valence-electron chi connectivity index (χ4n) is 4.65. The second-order valence-electron chi connectivity index (χ2n) is 8.09. The largest absolute Gasteiger partial charge is 0.354 e. The molecular weight excluding hydrogens is 382 g/mol. The zero-order valence-electron chi connectivity index (χ0n) is 15.9. The Morgan fingerprint density at radius 2 is 2.00 bits per heavy atom. The number of hydrogen-bond acceptors (Lipinski definition) is 7. The lowest BCUT2D eigenvalue weighted by Gasteiger charge is -2.52. The van der Waals surface area contributed by atoms with E-state index in [0.29, 0.717) is 5.41 Å². The van der Waals surface area contributed by atoms with Crippen molar-refractivity contribution < 1.29 is 0 Å². The third kappa shape index (κ3) is 2.82. The molecule has 0 atom stereocenters. The fourth-order valence-corrected chi connectivity index (χ4v) is 5.48. The summed E-state index contributed by atoms with van der Waals surface area (Å²) in [6, 6.07) is 8.38. The van der Waals surface area contributed by atoms with Crippen LogP contribution in [0.15, 0.2) is 42.2 Å². The second-order valence-corrected chi connectivity index (χ2v) is 8.95. The van der Waals surface area contributed by atoms with Gasteiger partial charge in [0.15, 0.2) is 5.82 Å². The SMILES string of the molecule is c1nc2c(-c3cn[nH]c3)ccc(-c3ccc(N4CC5(CCCNC5)C4)nn3)c2s1. The average molecular weight is 404 g/mol. The molecular formula is C21H21N7S. The van der Waals surface area contributed by atoms with Gasteiger partial charge in [0.25, 0.3) is 0 Å². The molecule has 2 saturated heterocycles. The number of aromatic nitrogens is 5. The summed E-state index contributed by atoms with van der Waals surface area (Å²) in [5.41, 5.74) is 7.39. The van der Waals surface area contributed by atoms with Gasteiger partial charge in [0.2, 0.25) is 0 Å². The number of H-pyrrole nitrogens is 1. The summed E-state index contributed by atoms with van der Waals surface area (Å²) in [6.07, 6.45) is 6.31. The minimum Gasteiger partial charge on any atom is -0.354 e. The highest BCUT2D eigenvalue weighted by molar-refractivity contribution is 7.17. The van der Waals surface area contributed by atoms with Crippen LogP contribution < -0.4 is 10.2 Å². The number of nitrogens with one attached hydrogen (secondary N) is 2. The normalized spacial score (nSPS) is 18.3. The highest BCUT2D eigenvalue weighted by Gasteiger charge is 2.44. The molecule has 2 N–H and O–H groups in total. The number of rotatable bonds is 3. The highest BCUT2D eigenvalue weighted by atomic mass is 32.1. The topological polar surface area (TPSA) is 82.6 Å². The molecule has 0 aliphatic carbocycles. The van der Waals surface area contributed by atoms with Gasteiger partial charge in [-0.1, -0.05) is 12.1 Å². The molecule has 146 valence electrons. The average Bonchev–Trinajstić information content (AvgIpc) is 3.44. The molecule has 2 fully saturated rings. The van der Waals surface area contributed by atoms with Crippen LogP contribution >= 0.6 is 11.3 Å². The molecule has 0 amide bonds. The molecule has 4 aromatic rings. The summed E-state index contributed by atoms with van der Waals surface area (Å²) < 4.78 is 1.13. The van der Waals surface area contributed by atoms with Crippen molar-refractivity contribution >= 4 is 27.4 Å². The van der Waals surface area contributed by atoms with Gasteiger partial charge in [-0.25, -0.2) is 4.98 Å². The minimum atomic E-state index is 0.441. The maximum absolute atomic E-state index is 4.59. The van der Waals surface area contributed by atoms with Gasteiger partial charge >= 0.3 is 0 Å². The van der Waals surface area contributed by atoms with Crippen LogP contribution in [0.25, 0.3) is 32.6 Å². The fraction of sp³-hybridized carbons (Fsp3) is 0.333. The maximum Gasteiger partial charge on any atom is 0.151 e. The van der Waals surface area contributed by atoms with Gasteiger partial charge < -0.3 is 10.2 Å². The Bertz CT molecular complexity index is 1140. The number of aromatic amines is 1. The summed E-state index contributed by atoms with van der Waals surface area (Å²) in [6.45, 7) is 4.43. The van der Waals surface area contributed by atoms with E-state index < -0.39 is 0 Å². The van der Waals surface area contributed by atoms with Crippen molar-refractivity contribution in [1.29, 1.82) is 0 Å². The Balaban J connectivity index is 1.28. The van der Waals surface area contributed by atoms with Crippen LogP contribution in [-0.4, -0.2) is 51.6 Å². The number of fused-ring (bicyclic) bond motifs is 1. The Labute approximate surface area is 172 Å². The Morgan fingerprint density at radius 3 is 2.76 bits per heavy atom. The van der Waals surface area contributed by atoms with Gasteiger partial charge in [0, 0.05) is 47.9 Å². The minimum absolute atomic E-state index is 0.441. The van der Waals surface area contributed by atoms with Crippen LogP contribution in [0.2, 0.25) is 0 Å². The smallest absolute Gasteiger partial charge is 0.151 e. The molecule has 8 heteroatoms. The van der Waals surface area contributed by atoms with Crippen molar-refractivity contribution in [2.75, 3.05) is 31.1 Å². The highest BCUT2D eigenvalue weighted by Crippen LogP contribution is 2.39. The standard InChI is InChI=1S/C21H21N7S/c1-6-21(10-22-7-1)11-28(12-21)18-5-4-17(26-27-18)16-3-2-15(14-8-24-25-9-14)19-20(16)29-13-23-19/h2-5,8-9,13,22H,1,6-7,10-12H2,(H,24,25). The van der Waals surface area contributed by atoms with E-state index in [9.17, 15) is 0 Å². The summed E-state index contributed by atoms with van der Waals surface area (Å²) in [4.78, 5) is 6.93. The summed E-state index contributed by atoms with van der Waals surface area (Å²) >= 11 is 1.63. The van der Waals surface area contributed by atoms with Gasteiger partial charge in [-0.05, 0) is 31.5 Å². The van der Waals surface area contributed by atoms with Crippen molar-refractivity contribution in [3.05, 3.63) is 42.2 Å². The molecule has 1 aromatic carbocycles. The van der Waals surface area contributed by atoms with Crippen LogP contribution in [0.1, 0.15) is 12.8 Å². The first-order chi connectivity index (χ1) is 14.3. The van der Waals surface area contributed by atoms with Crippen molar-refractivity contribution in [2.45, 2.75) is 12.8 Å². The van der Waals surface area contributed by atoms with E-state index in [0.717, 1.165) is 64.6 Å². The van der Waals surface area contributed by atoms with Crippen LogP contribution in [0.5, 0.6) is 0 Å². The molecule has 0 bridgehead atoms. The number of piperidine rings is 1. The molecule has 0 saturated carbocycles. The molecule has 0 unspecified atom stereocenters. The Morgan fingerprint density at radius 1 is 1.07 bits per heavy atom. The molecule has 2 aliphatic heterocycles. The van der Waals surface area contributed by atoms with Crippen LogP contribution in [0.3, 0.4) is 0 Å². The van der Waals surface area contributed by atoms with Crippen LogP contribution in [-0.2, 0) is 0 Å². The number of benzene rings is 1. The first-order valence-corrected chi connectivity index (χ1v) is 10.8. The summed E-state index contributed by atoms with van der Waals surface area (Å²) in [7, 11) is 0. The third-order valence-electron chi connectivity index (χ3n) is 6.16. The van der Waals surface area contributed by atoms with Crippen molar-refractivity contribution in [2.24, 2.45) is 5.41 Å². The Hall–Kier alpha value is -2.84. The molecule has 29 heavy (non-hydrogen) atoms. The quantitative estimate of drug-likeness (QED) is 0.546. The van der Waals surface area contributed by atoms with E-state index in [-0.39, 0.29) is 0 Å². The molecule has 1 spiro atoms. The summed E-state index contributed by atoms with van der Waals surface area (Å²) in [5.74, 6) is 0.973.